The van der Waals surface area contributed by atoms with Gasteiger partial charge in [-0.1, -0.05) is 20.8 Å². The van der Waals surface area contributed by atoms with Crippen molar-refractivity contribution in [2.24, 2.45) is 5.92 Å². The summed E-state index contributed by atoms with van der Waals surface area (Å²) in [4.78, 5) is 2.95. The Morgan fingerprint density at radius 3 is 2.38 bits per heavy atom. The fourth-order valence-corrected chi connectivity index (χ4v) is 3.07. The molecular formula is C14H25NS. The number of hydrogen-bond donors (Lipinski definition) is 1. The highest BCUT2D eigenvalue weighted by atomic mass is 32.1. The molecule has 0 aliphatic carbocycles. The fraction of sp³-hybridized carbons (Fsp3) is 0.714. The molecule has 0 amide bonds. The van der Waals surface area contributed by atoms with Gasteiger partial charge in [-0.05, 0) is 44.7 Å². The van der Waals surface area contributed by atoms with Gasteiger partial charge in [-0.15, -0.1) is 11.3 Å². The lowest BCUT2D eigenvalue weighted by Gasteiger charge is -2.20. The minimum absolute atomic E-state index is 0.485. The van der Waals surface area contributed by atoms with Gasteiger partial charge < -0.3 is 5.32 Å². The normalized spacial score (nSPS) is 15.4. The molecule has 92 valence electrons. The first-order valence-corrected chi connectivity index (χ1v) is 7.19. The first-order chi connectivity index (χ1) is 7.52. The zero-order valence-corrected chi connectivity index (χ0v) is 12.0. The van der Waals surface area contributed by atoms with Crippen molar-refractivity contribution in [1.82, 2.24) is 5.32 Å². The Bertz CT molecular complexity index is 303. The van der Waals surface area contributed by atoms with Crippen LogP contribution in [0.25, 0.3) is 0 Å². The van der Waals surface area contributed by atoms with E-state index in [2.05, 4.69) is 52.1 Å². The lowest BCUT2D eigenvalue weighted by Crippen LogP contribution is -2.29. The van der Waals surface area contributed by atoms with Crippen molar-refractivity contribution in [1.29, 1.82) is 0 Å². The SMILES string of the molecule is CCc1ccc(C(C)NC(C)CC(C)C)s1. The maximum absolute atomic E-state index is 3.68. The molecule has 2 heteroatoms. The summed E-state index contributed by atoms with van der Waals surface area (Å²) in [6.45, 7) is 11.3. The van der Waals surface area contributed by atoms with Crippen LogP contribution < -0.4 is 5.32 Å². The second-order valence-corrected chi connectivity index (χ2v) is 6.28. The standard InChI is InChI=1S/C14H25NS/c1-6-13-7-8-14(16-13)12(5)15-11(4)9-10(2)3/h7-8,10-12,15H,6,9H2,1-5H3. The van der Waals surface area contributed by atoms with E-state index in [1.807, 2.05) is 11.3 Å². The van der Waals surface area contributed by atoms with E-state index in [1.54, 1.807) is 0 Å². The summed E-state index contributed by atoms with van der Waals surface area (Å²) >= 11 is 1.94. The highest BCUT2D eigenvalue weighted by molar-refractivity contribution is 7.12. The Balaban J connectivity index is 2.48. The van der Waals surface area contributed by atoms with E-state index in [9.17, 15) is 0 Å². The van der Waals surface area contributed by atoms with Crippen LogP contribution in [0.3, 0.4) is 0 Å². The van der Waals surface area contributed by atoms with Gasteiger partial charge in [-0.25, -0.2) is 0 Å². The van der Waals surface area contributed by atoms with Crippen LogP contribution >= 0.6 is 11.3 Å². The molecule has 1 aromatic heterocycles. The third-order valence-electron chi connectivity index (χ3n) is 2.82. The van der Waals surface area contributed by atoms with Crippen LogP contribution in [0.5, 0.6) is 0 Å². The fourth-order valence-electron chi connectivity index (χ4n) is 2.10. The summed E-state index contributed by atoms with van der Waals surface area (Å²) in [5, 5.41) is 3.68. The van der Waals surface area contributed by atoms with Crippen LogP contribution in [-0.2, 0) is 6.42 Å². The summed E-state index contributed by atoms with van der Waals surface area (Å²) < 4.78 is 0. The van der Waals surface area contributed by atoms with Crippen LogP contribution in [0.1, 0.15) is 56.8 Å². The van der Waals surface area contributed by atoms with Gasteiger partial charge >= 0.3 is 0 Å². The second kappa shape index (κ2) is 6.41. The van der Waals surface area contributed by atoms with Crippen LogP contribution in [0.15, 0.2) is 12.1 Å². The molecule has 1 N–H and O–H groups in total. The molecule has 0 bridgehead atoms. The zero-order valence-electron chi connectivity index (χ0n) is 11.2. The Morgan fingerprint density at radius 2 is 1.88 bits per heavy atom. The zero-order chi connectivity index (χ0) is 12.1. The molecule has 0 saturated carbocycles. The van der Waals surface area contributed by atoms with E-state index >= 15 is 0 Å². The molecule has 1 heterocycles. The van der Waals surface area contributed by atoms with Crippen LogP contribution in [0.4, 0.5) is 0 Å². The monoisotopic (exact) mass is 239 g/mol. The van der Waals surface area contributed by atoms with Crippen molar-refractivity contribution in [2.75, 3.05) is 0 Å². The largest absolute Gasteiger partial charge is 0.307 e. The van der Waals surface area contributed by atoms with Crippen molar-refractivity contribution in [3.63, 3.8) is 0 Å². The molecule has 16 heavy (non-hydrogen) atoms. The molecular weight excluding hydrogens is 214 g/mol. The third-order valence-corrected chi connectivity index (χ3v) is 4.23. The molecule has 0 aliphatic rings. The van der Waals surface area contributed by atoms with Gasteiger partial charge in [0, 0.05) is 21.8 Å². The smallest absolute Gasteiger partial charge is 0.0388 e. The molecule has 0 aromatic carbocycles. The van der Waals surface area contributed by atoms with Gasteiger partial charge in [-0.3, -0.25) is 0 Å². The van der Waals surface area contributed by atoms with Gasteiger partial charge in [0.05, 0.1) is 0 Å². The maximum Gasteiger partial charge on any atom is 0.0388 e. The van der Waals surface area contributed by atoms with E-state index in [1.165, 1.54) is 16.2 Å². The predicted molar refractivity (Wildman–Crippen MR) is 74.2 cm³/mol. The third kappa shape index (κ3) is 4.26. The summed E-state index contributed by atoms with van der Waals surface area (Å²) in [6, 6.07) is 5.61. The van der Waals surface area contributed by atoms with Crippen molar-refractivity contribution in [3.8, 4) is 0 Å². The Kier molecular flexibility index (Phi) is 5.50. The number of rotatable bonds is 6. The summed E-state index contributed by atoms with van der Waals surface area (Å²) in [5.41, 5.74) is 0. The van der Waals surface area contributed by atoms with Crippen molar-refractivity contribution < 1.29 is 0 Å². The number of hydrogen-bond acceptors (Lipinski definition) is 2. The van der Waals surface area contributed by atoms with E-state index in [0.29, 0.717) is 12.1 Å². The number of thiophene rings is 1. The minimum atomic E-state index is 0.485. The molecule has 0 fully saturated rings. The summed E-state index contributed by atoms with van der Waals surface area (Å²) in [5.74, 6) is 0.768. The van der Waals surface area contributed by atoms with E-state index in [-0.39, 0.29) is 0 Å². The Hall–Kier alpha value is -0.340. The quantitative estimate of drug-likeness (QED) is 0.776. The number of aryl methyl sites for hydroxylation is 1. The molecule has 0 saturated heterocycles. The average molecular weight is 239 g/mol. The first kappa shape index (κ1) is 13.7. The second-order valence-electron chi connectivity index (χ2n) is 5.08. The van der Waals surface area contributed by atoms with E-state index < -0.39 is 0 Å². The average Bonchev–Trinajstić information content (AvgIpc) is 2.64. The van der Waals surface area contributed by atoms with Crippen LogP contribution in [-0.4, -0.2) is 6.04 Å². The van der Waals surface area contributed by atoms with E-state index in [4.69, 9.17) is 0 Å². The minimum Gasteiger partial charge on any atom is -0.307 e. The molecule has 2 atom stereocenters. The Morgan fingerprint density at radius 1 is 1.19 bits per heavy atom. The lowest BCUT2D eigenvalue weighted by atomic mass is 10.0. The first-order valence-electron chi connectivity index (χ1n) is 6.37. The van der Waals surface area contributed by atoms with Crippen molar-refractivity contribution in [2.45, 2.75) is 59.5 Å². The number of nitrogens with one attached hydrogen (secondary N) is 1. The van der Waals surface area contributed by atoms with Crippen LogP contribution in [0.2, 0.25) is 0 Å². The van der Waals surface area contributed by atoms with Gasteiger partial charge in [0.25, 0.3) is 0 Å². The van der Waals surface area contributed by atoms with Crippen LogP contribution in [0, 0.1) is 5.92 Å². The summed E-state index contributed by atoms with van der Waals surface area (Å²) in [7, 11) is 0. The highest BCUT2D eigenvalue weighted by Gasteiger charge is 2.12. The predicted octanol–water partition coefficient (Wildman–Crippen LogP) is 4.40. The molecule has 1 rings (SSSR count). The maximum atomic E-state index is 3.68. The molecule has 1 nitrogen and oxygen atoms in total. The van der Waals surface area contributed by atoms with Crippen molar-refractivity contribution in [3.05, 3.63) is 21.9 Å². The molecule has 1 aromatic rings. The lowest BCUT2D eigenvalue weighted by molar-refractivity contribution is 0.409. The molecule has 0 spiro atoms. The highest BCUT2D eigenvalue weighted by Crippen LogP contribution is 2.24. The van der Waals surface area contributed by atoms with Crippen molar-refractivity contribution >= 4 is 11.3 Å². The van der Waals surface area contributed by atoms with Gasteiger partial charge in [0.15, 0.2) is 0 Å². The molecule has 0 radical (unpaired) electrons. The molecule has 2 unspecified atom stereocenters. The Labute approximate surface area is 104 Å². The topological polar surface area (TPSA) is 12.0 Å². The van der Waals surface area contributed by atoms with Gasteiger partial charge in [0.2, 0.25) is 0 Å². The van der Waals surface area contributed by atoms with Gasteiger partial charge in [-0.2, -0.15) is 0 Å². The summed E-state index contributed by atoms with van der Waals surface area (Å²) in [6.07, 6.45) is 2.40. The van der Waals surface area contributed by atoms with E-state index in [0.717, 1.165) is 12.3 Å². The molecule has 0 aliphatic heterocycles. The van der Waals surface area contributed by atoms with Gasteiger partial charge in [0.1, 0.15) is 0 Å².